The molecule has 4 aromatic rings. The molecule has 0 aliphatic rings. The number of benzene rings is 4. The van der Waals surface area contributed by atoms with Gasteiger partial charge in [-0.25, -0.2) is 4.79 Å². The smallest absolute Gasteiger partial charge is 0.337 e. The van der Waals surface area contributed by atoms with Gasteiger partial charge in [0.2, 0.25) is 0 Å². The first kappa shape index (κ1) is 29.4. The maximum Gasteiger partial charge on any atom is 0.337 e. The Kier molecular flexibility index (Phi) is 10.2. The molecular formula is C35H37NO5. The van der Waals surface area contributed by atoms with Gasteiger partial charge in [-0.15, -0.1) is 0 Å². The summed E-state index contributed by atoms with van der Waals surface area (Å²) in [7, 11) is 1.36. The van der Waals surface area contributed by atoms with E-state index in [1.807, 2.05) is 91.9 Å². The molecular weight excluding hydrogens is 514 g/mol. The number of hydrogen-bond donors (Lipinski definition) is 0. The molecule has 0 aromatic heterocycles. The van der Waals surface area contributed by atoms with E-state index in [4.69, 9.17) is 14.2 Å². The van der Waals surface area contributed by atoms with Crippen molar-refractivity contribution in [2.24, 2.45) is 0 Å². The van der Waals surface area contributed by atoms with Crippen molar-refractivity contribution in [3.05, 3.63) is 130 Å². The second-order valence-electron chi connectivity index (χ2n) is 10.1. The number of carbonyl (C=O) groups excluding carboxylic acids is 2. The molecule has 4 aromatic carbocycles. The number of nitrogens with zero attached hydrogens (tertiary/aromatic N) is 1. The SMILES string of the molecule is CCN(Cc1ccc(C(=O)OC)cc1)C(=O)c1cc(C(C)C)c(OCc2ccccc2)cc1OCc1ccccc1. The maximum atomic E-state index is 14.0. The van der Waals surface area contributed by atoms with E-state index in [2.05, 4.69) is 13.8 Å². The van der Waals surface area contributed by atoms with E-state index >= 15 is 0 Å². The van der Waals surface area contributed by atoms with Crippen LogP contribution >= 0.6 is 0 Å². The Balaban J connectivity index is 1.65. The summed E-state index contributed by atoms with van der Waals surface area (Å²) in [4.78, 5) is 27.6. The van der Waals surface area contributed by atoms with Gasteiger partial charge in [0.25, 0.3) is 5.91 Å². The summed E-state index contributed by atoms with van der Waals surface area (Å²) in [6.45, 7) is 7.74. The summed E-state index contributed by atoms with van der Waals surface area (Å²) in [5.41, 5.74) is 4.87. The number of ether oxygens (including phenoxy) is 3. The third-order valence-corrected chi connectivity index (χ3v) is 6.86. The fourth-order valence-corrected chi connectivity index (χ4v) is 4.49. The van der Waals surface area contributed by atoms with Crippen molar-refractivity contribution < 1.29 is 23.8 Å². The normalized spacial score (nSPS) is 10.8. The van der Waals surface area contributed by atoms with Crippen molar-refractivity contribution in [2.45, 2.75) is 46.4 Å². The maximum absolute atomic E-state index is 14.0. The van der Waals surface area contributed by atoms with E-state index in [1.165, 1.54) is 7.11 Å². The van der Waals surface area contributed by atoms with Gasteiger partial charge in [-0.2, -0.15) is 0 Å². The zero-order valence-corrected chi connectivity index (χ0v) is 24.1. The lowest BCUT2D eigenvalue weighted by Crippen LogP contribution is -2.31. The number of esters is 1. The van der Waals surface area contributed by atoms with Gasteiger partial charge in [-0.3, -0.25) is 4.79 Å². The third-order valence-electron chi connectivity index (χ3n) is 6.86. The zero-order chi connectivity index (χ0) is 29.2. The molecule has 0 heterocycles. The average molecular weight is 552 g/mol. The van der Waals surface area contributed by atoms with Crippen LogP contribution < -0.4 is 9.47 Å². The lowest BCUT2D eigenvalue weighted by atomic mass is 9.98. The number of hydrogen-bond acceptors (Lipinski definition) is 5. The molecule has 0 aliphatic carbocycles. The van der Waals surface area contributed by atoms with Crippen LogP contribution in [0.3, 0.4) is 0 Å². The first-order valence-corrected chi connectivity index (χ1v) is 13.9. The molecule has 0 saturated heterocycles. The predicted octanol–water partition coefficient (Wildman–Crippen LogP) is 7.42. The monoisotopic (exact) mass is 551 g/mol. The number of amides is 1. The second kappa shape index (κ2) is 14.2. The van der Waals surface area contributed by atoms with Crippen molar-refractivity contribution in [1.29, 1.82) is 0 Å². The van der Waals surface area contributed by atoms with Crippen molar-refractivity contribution in [1.82, 2.24) is 4.90 Å². The molecule has 0 spiro atoms. The highest BCUT2D eigenvalue weighted by atomic mass is 16.5. The van der Waals surface area contributed by atoms with Crippen LogP contribution in [0.25, 0.3) is 0 Å². The number of rotatable bonds is 12. The van der Waals surface area contributed by atoms with Crippen LogP contribution in [0, 0.1) is 0 Å². The van der Waals surface area contributed by atoms with Gasteiger partial charge in [-0.1, -0.05) is 86.6 Å². The molecule has 0 fully saturated rings. The lowest BCUT2D eigenvalue weighted by Gasteiger charge is -2.24. The van der Waals surface area contributed by atoms with Crippen LogP contribution in [-0.2, 0) is 24.5 Å². The molecule has 0 atom stereocenters. The third kappa shape index (κ3) is 7.76. The molecule has 0 unspecified atom stereocenters. The molecule has 41 heavy (non-hydrogen) atoms. The van der Waals surface area contributed by atoms with Crippen molar-refractivity contribution >= 4 is 11.9 Å². The summed E-state index contributed by atoms with van der Waals surface area (Å²) in [6, 6.07) is 30.8. The first-order valence-electron chi connectivity index (χ1n) is 13.9. The molecule has 0 radical (unpaired) electrons. The van der Waals surface area contributed by atoms with Gasteiger partial charge in [0.1, 0.15) is 24.7 Å². The van der Waals surface area contributed by atoms with Gasteiger partial charge >= 0.3 is 5.97 Å². The fraction of sp³-hybridized carbons (Fsp3) is 0.257. The molecule has 6 heteroatoms. The quantitative estimate of drug-likeness (QED) is 0.172. The molecule has 212 valence electrons. The van der Waals surface area contributed by atoms with E-state index in [1.54, 1.807) is 17.0 Å². The van der Waals surface area contributed by atoms with Gasteiger partial charge in [0, 0.05) is 19.2 Å². The Bertz CT molecular complexity index is 1430. The van der Waals surface area contributed by atoms with Crippen LogP contribution in [0.1, 0.15) is 69.7 Å². The minimum Gasteiger partial charge on any atom is -0.488 e. The molecule has 4 rings (SSSR count). The summed E-state index contributed by atoms with van der Waals surface area (Å²) >= 11 is 0. The second-order valence-corrected chi connectivity index (χ2v) is 10.1. The molecule has 0 aliphatic heterocycles. The Morgan fingerprint density at radius 2 is 1.29 bits per heavy atom. The Labute approximate surface area is 242 Å². The summed E-state index contributed by atoms with van der Waals surface area (Å²) in [6.07, 6.45) is 0. The van der Waals surface area contributed by atoms with Crippen LogP contribution in [0.15, 0.2) is 97.1 Å². The van der Waals surface area contributed by atoms with Gasteiger partial charge in [0.15, 0.2) is 0 Å². The van der Waals surface area contributed by atoms with Crippen LogP contribution in [-0.4, -0.2) is 30.4 Å². The average Bonchev–Trinajstić information content (AvgIpc) is 3.01. The van der Waals surface area contributed by atoms with Crippen LogP contribution in [0.5, 0.6) is 11.5 Å². The molecule has 0 N–H and O–H groups in total. The molecule has 6 nitrogen and oxygen atoms in total. The molecule has 0 bridgehead atoms. The fourth-order valence-electron chi connectivity index (χ4n) is 4.49. The first-order chi connectivity index (χ1) is 19.9. The topological polar surface area (TPSA) is 65.1 Å². The van der Waals surface area contributed by atoms with Crippen LogP contribution in [0.4, 0.5) is 0 Å². The van der Waals surface area contributed by atoms with E-state index in [9.17, 15) is 9.59 Å². The number of methoxy groups -OCH3 is 1. The Hall–Kier alpha value is -4.58. The van der Waals surface area contributed by atoms with Crippen molar-refractivity contribution in [2.75, 3.05) is 13.7 Å². The largest absolute Gasteiger partial charge is 0.488 e. The predicted molar refractivity (Wildman–Crippen MR) is 160 cm³/mol. The minimum absolute atomic E-state index is 0.122. The van der Waals surface area contributed by atoms with Gasteiger partial charge in [-0.05, 0) is 53.3 Å². The zero-order valence-electron chi connectivity index (χ0n) is 24.1. The summed E-state index contributed by atoms with van der Waals surface area (Å²) in [5.74, 6) is 0.771. The molecule has 1 amide bonds. The highest BCUT2D eigenvalue weighted by molar-refractivity contribution is 5.97. The van der Waals surface area contributed by atoms with E-state index in [0.29, 0.717) is 48.9 Å². The Morgan fingerprint density at radius 3 is 1.80 bits per heavy atom. The summed E-state index contributed by atoms with van der Waals surface area (Å²) < 4.78 is 17.4. The van der Waals surface area contributed by atoms with Crippen LogP contribution in [0.2, 0.25) is 0 Å². The van der Waals surface area contributed by atoms with Gasteiger partial charge < -0.3 is 19.1 Å². The highest BCUT2D eigenvalue weighted by Gasteiger charge is 2.24. The summed E-state index contributed by atoms with van der Waals surface area (Å²) in [5, 5.41) is 0. The van der Waals surface area contributed by atoms with Gasteiger partial charge in [0.05, 0.1) is 18.2 Å². The number of carbonyl (C=O) groups is 2. The van der Waals surface area contributed by atoms with E-state index in [-0.39, 0.29) is 11.8 Å². The Morgan fingerprint density at radius 1 is 0.732 bits per heavy atom. The minimum atomic E-state index is -0.393. The standard InChI is InChI=1S/C35H37NO5/c1-5-36(22-26-16-18-29(19-17-26)35(38)39-4)34(37)31-20-30(25(2)3)32(40-23-27-12-8-6-9-13-27)21-33(31)41-24-28-14-10-7-11-15-28/h6-21,25H,5,22-24H2,1-4H3. The van der Waals surface area contributed by atoms with Crippen molar-refractivity contribution in [3.63, 3.8) is 0 Å². The van der Waals surface area contributed by atoms with E-state index in [0.717, 1.165) is 22.3 Å². The highest BCUT2D eigenvalue weighted by Crippen LogP contribution is 2.36. The van der Waals surface area contributed by atoms with Crippen molar-refractivity contribution in [3.8, 4) is 11.5 Å². The molecule has 0 saturated carbocycles. The van der Waals surface area contributed by atoms with E-state index < -0.39 is 5.97 Å². The lowest BCUT2D eigenvalue weighted by molar-refractivity contribution is 0.0600.